The van der Waals surface area contributed by atoms with E-state index in [1.807, 2.05) is 12.1 Å². The predicted molar refractivity (Wildman–Crippen MR) is 93.3 cm³/mol. The van der Waals surface area contributed by atoms with Gasteiger partial charge in [-0.05, 0) is 23.1 Å². The van der Waals surface area contributed by atoms with E-state index in [9.17, 15) is 14.4 Å². The van der Waals surface area contributed by atoms with Gasteiger partial charge < -0.3 is 19.7 Å². The normalized spacial score (nSPS) is 10.8. The largest absolute Gasteiger partial charge is 0.482 e. The molecule has 0 atom stereocenters. The molecular formula is C18H26N2O5. The van der Waals surface area contributed by atoms with Gasteiger partial charge in [-0.25, -0.2) is 4.79 Å². The van der Waals surface area contributed by atoms with Crippen molar-refractivity contribution >= 4 is 17.8 Å². The number of carbonyl (C=O) groups excluding carboxylic acids is 3. The summed E-state index contributed by atoms with van der Waals surface area (Å²) in [7, 11) is 3.17. The van der Waals surface area contributed by atoms with Gasteiger partial charge in [-0.3, -0.25) is 9.59 Å². The van der Waals surface area contributed by atoms with Crippen molar-refractivity contribution in [2.45, 2.75) is 26.2 Å². The molecule has 0 aliphatic carbocycles. The van der Waals surface area contributed by atoms with Gasteiger partial charge in [0.25, 0.3) is 5.91 Å². The van der Waals surface area contributed by atoms with Crippen molar-refractivity contribution < 1.29 is 23.9 Å². The summed E-state index contributed by atoms with van der Waals surface area (Å²) in [5.41, 5.74) is 1.20. The highest BCUT2D eigenvalue weighted by molar-refractivity contribution is 5.86. The zero-order chi connectivity index (χ0) is 19.0. The van der Waals surface area contributed by atoms with E-state index in [-0.39, 0.29) is 24.5 Å². The minimum atomic E-state index is -0.658. The molecule has 1 aromatic carbocycles. The second-order valence-corrected chi connectivity index (χ2v) is 6.79. The number of hydrogen-bond acceptors (Lipinski definition) is 5. The molecule has 0 aliphatic rings. The van der Waals surface area contributed by atoms with E-state index < -0.39 is 18.5 Å². The zero-order valence-corrected chi connectivity index (χ0v) is 15.4. The Kier molecular flexibility index (Phi) is 7.42. The van der Waals surface area contributed by atoms with Crippen molar-refractivity contribution in [1.29, 1.82) is 0 Å². The molecule has 0 saturated carbocycles. The lowest BCUT2D eigenvalue weighted by Crippen LogP contribution is -2.38. The molecule has 2 amide bonds. The minimum absolute atomic E-state index is 0.0405. The van der Waals surface area contributed by atoms with Gasteiger partial charge in [0.15, 0.2) is 13.2 Å². The molecule has 25 heavy (non-hydrogen) atoms. The topological polar surface area (TPSA) is 84.9 Å². The molecule has 7 heteroatoms. The fourth-order valence-corrected chi connectivity index (χ4v) is 1.76. The molecule has 0 radical (unpaired) electrons. The standard InChI is InChI=1S/C18H26N2O5/c1-18(2,3)13-6-8-14(9-7-13)24-12-17(23)25-11-15(21)19-10-16(22)20(4)5/h6-9H,10-12H2,1-5H3,(H,19,21). The monoisotopic (exact) mass is 350 g/mol. The first-order valence-corrected chi connectivity index (χ1v) is 7.95. The third-order valence-corrected chi connectivity index (χ3v) is 3.38. The molecule has 0 heterocycles. The second-order valence-electron chi connectivity index (χ2n) is 6.79. The molecule has 138 valence electrons. The van der Waals surface area contributed by atoms with Gasteiger partial charge in [-0.2, -0.15) is 0 Å². The molecule has 0 saturated heterocycles. The highest BCUT2D eigenvalue weighted by Gasteiger charge is 2.14. The Balaban J connectivity index is 2.31. The summed E-state index contributed by atoms with van der Waals surface area (Å²) < 4.78 is 10.1. The van der Waals surface area contributed by atoms with Gasteiger partial charge in [0, 0.05) is 14.1 Å². The number of rotatable bonds is 7. The van der Waals surface area contributed by atoms with Crippen LogP contribution < -0.4 is 10.1 Å². The molecule has 0 aromatic heterocycles. The lowest BCUT2D eigenvalue weighted by molar-refractivity contribution is -0.150. The molecule has 0 bridgehead atoms. The SMILES string of the molecule is CN(C)C(=O)CNC(=O)COC(=O)COc1ccc(C(C)(C)C)cc1. The van der Waals surface area contributed by atoms with Crippen molar-refractivity contribution in [2.75, 3.05) is 33.9 Å². The van der Waals surface area contributed by atoms with Crippen LogP contribution in [0.1, 0.15) is 26.3 Å². The molecular weight excluding hydrogens is 324 g/mol. The van der Waals surface area contributed by atoms with E-state index in [0.29, 0.717) is 5.75 Å². The Morgan fingerprint density at radius 2 is 1.64 bits per heavy atom. The third-order valence-electron chi connectivity index (χ3n) is 3.38. The fraction of sp³-hybridized carbons (Fsp3) is 0.500. The quantitative estimate of drug-likeness (QED) is 0.745. The number of benzene rings is 1. The molecule has 0 unspecified atom stereocenters. The second kappa shape index (κ2) is 9.05. The Morgan fingerprint density at radius 3 is 2.16 bits per heavy atom. The van der Waals surface area contributed by atoms with E-state index in [4.69, 9.17) is 9.47 Å². The number of hydrogen-bond donors (Lipinski definition) is 1. The van der Waals surface area contributed by atoms with Crippen molar-refractivity contribution in [1.82, 2.24) is 10.2 Å². The minimum Gasteiger partial charge on any atom is -0.482 e. The lowest BCUT2D eigenvalue weighted by Gasteiger charge is -2.19. The first-order valence-electron chi connectivity index (χ1n) is 7.95. The first-order chi connectivity index (χ1) is 11.6. The van der Waals surface area contributed by atoms with Gasteiger partial charge in [0.1, 0.15) is 5.75 Å². The maximum absolute atomic E-state index is 11.6. The van der Waals surface area contributed by atoms with Crippen molar-refractivity contribution in [3.05, 3.63) is 29.8 Å². The maximum atomic E-state index is 11.6. The van der Waals surface area contributed by atoms with Crippen LogP contribution in [-0.4, -0.2) is 56.5 Å². The zero-order valence-electron chi connectivity index (χ0n) is 15.4. The van der Waals surface area contributed by atoms with Gasteiger partial charge in [0.05, 0.1) is 6.54 Å². The average Bonchev–Trinajstić information content (AvgIpc) is 2.55. The summed E-state index contributed by atoms with van der Waals surface area (Å²) in [6.45, 7) is 5.44. The molecule has 0 fully saturated rings. The summed E-state index contributed by atoms with van der Waals surface area (Å²) in [4.78, 5) is 35.7. The van der Waals surface area contributed by atoms with Gasteiger partial charge in [-0.15, -0.1) is 0 Å². The average molecular weight is 350 g/mol. The van der Waals surface area contributed by atoms with Gasteiger partial charge >= 0.3 is 5.97 Å². The van der Waals surface area contributed by atoms with Crippen LogP contribution in [0.25, 0.3) is 0 Å². The van der Waals surface area contributed by atoms with Crippen LogP contribution in [0.3, 0.4) is 0 Å². The summed E-state index contributed by atoms with van der Waals surface area (Å²) in [5, 5.41) is 2.37. The van der Waals surface area contributed by atoms with Gasteiger partial charge in [0.2, 0.25) is 5.91 Å². The number of likely N-dealkylation sites (N-methyl/N-ethyl adjacent to an activating group) is 1. The highest BCUT2D eigenvalue weighted by atomic mass is 16.6. The molecule has 7 nitrogen and oxygen atoms in total. The lowest BCUT2D eigenvalue weighted by atomic mass is 9.87. The van der Waals surface area contributed by atoms with Crippen molar-refractivity contribution in [3.63, 3.8) is 0 Å². The van der Waals surface area contributed by atoms with Crippen molar-refractivity contribution in [2.24, 2.45) is 0 Å². The summed E-state index contributed by atoms with van der Waals surface area (Å²) in [6, 6.07) is 7.45. The molecule has 1 rings (SSSR count). The van der Waals surface area contributed by atoms with Crippen LogP contribution in [0.4, 0.5) is 0 Å². The summed E-state index contributed by atoms with van der Waals surface area (Å²) in [6.07, 6.45) is 0. The number of ether oxygens (including phenoxy) is 2. The van der Waals surface area contributed by atoms with E-state index in [0.717, 1.165) is 5.56 Å². The molecule has 1 aromatic rings. The van der Waals surface area contributed by atoms with Crippen LogP contribution in [0.15, 0.2) is 24.3 Å². The number of esters is 1. The van der Waals surface area contributed by atoms with E-state index >= 15 is 0 Å². The predicted octanol–water partition coefficient (Wildman–Crippen LogP) is 1.11. The molecule has 0 spiro atoms. The number of carbonyl (C=O) groups is 3. The summed E-state index contributed by atoms with van der Waals surface area (Å²) in [5.74, 6) is -0.903. The smallest absolute Gasteiger partial charge is 0.344 e. The Labute approximate surface area is 148 Å². The third kappa shape index (κ3) is 7.69. The number of nitrogens with zero attached hydrogens (tertiary/aromatic N) is 1. The van der Waals surface area contributed by atoms with Gasteiger partial charge in [-0.1, -0.05) is 32.9 Å². The van der Waals surface area contributed by atoms with Crippen LogP contribution in [-0.2, 0) is 24.5 Å². The van der Waals surface area contributed by atoms with E-state index in [2.05, 4.69) is 26.1 Å². The Bertz CT molecular complexity index is 603. The highest BCUT2D eigenvalue weighted by Crippen LogP contribution is 2.24. The van der Waals surface area contributed by atoms with E-state index in [1.165, 1.54) is 4.90 Å². The fourth-order valence-electron chi connectivity index (χ4n) is 1.76. The number of amides is 2. The summed E-state index contributed by atoms with van der Waals surface area (Å²) >= 11 is 0. The number of nitrogens with one attached hydrogen (secondary N) is 1. The van der Waals surface area contributed by atoms with Crippen molar-refractivity contribution in [3.8, 4) is 5.75 Å². The molecule has 0 aliphatic heterocycles. The van der Waals surface area contributed by atoms with E-state index in [1.54, 1.807) is 26.2 Å². The first kappa shape index (κ1) is 20.5. The Hall–Kier alpha value is -2.57. The van der Waals surface area contributed by atoms with Crippen LogP contribution in [0, 0.1) is 0 Å². The van der Waals surface area contributed by atoms with Crippen LogP contribution >= 0.6 is 0 Å². The maximum Gasteiger partial charge on any atom is 0.344 e. The van der Waals surface area contributed by atoms with Crippen LogP contribution in [0.5, 0.6) is 5.75 Å². The molecule has 1 N–H and O–H groups in total. The Morgan fingerprint density at radius 1 is 1.04 bits per heavy atom. The van der Waals surface area contributed by atoms with Crippen LogP contribution in [0.2, 0.25) is 0 Å².